The number of rotatable bonds is 3. The Labute approximate surface area is 111 Å². The van der Waals surface area contributed by atoms with E-state index < -0.39 is 0 Å². The minimum atomic E-state index is -0.273. The summed E-state index contributed by atoms with van der Waals surface area (Å²) in [5.74, 6) is -0.273. The first-order chi connectivity index (χ1) is 8.56. The van der Waals surface area contributed by atoms with Crippen molar-refractivity contribution < 1.29 is 4.39 Å². The Kier molecular flexibility index (Phi) is 3.58. The second kappa shape index (κ2) is 5.14. The van der Waals surface area contributed by atoms with Crippen LogP contribution in [0.5, 0.6) is 0 Å². The van der Waals surface area contributed by atoms with Crippen molar-refractivity contribution in [3.8, 4) is 0 Å². The van der Waals surface area contributed by atoms with Crippen LogP contribution >= 0.6 is 12.2 Å². The number of para-hydroxylation sites is 1. The molecule has 0 aromatic heterocycles. The predicted octanol–water partition coefficient (Wildman–Crippen LogP) is 3.51. The Bertz CT molecular complexity index is 576. The Hall–Kier alpha value is -1.94. The topological polar surface area (TPSA) is 38.0 Å². The lowest BCUT2D eigenvalue weighted by atomic mass is 10.1. The van der Waals surface area contributed by atoms with E-state index in [1.165, 1.54) is 12.1 Å². The molecule has 0 amide bonds. The first-order valence-corrected chi connectivity index (χ1v) is 5.90. The summed E-state index contributed by atoms with van der Waals surface area (Å²) in [5.41, 5.74) is 8.69. The molecule has 0 radical (unpaired) electrons. The quantitative estimate of drug-likeness (QED) is 0.829. The van der Waals surface area contributed by atoms with E-state index in [4.69, 9.17) is 18.0 Å². The summed E-state index contributed by atoms with van der Waals surface area (Å²) in [4.78, 5) is 0.311. The lowest BCUT2D eigenvalue weighted by Gasteiger charge is -2.11. The molecule has 4 heteroatoms. The van der Waals surface area contributed by atoms with Gasteiger partial charge in [-0.2, -0.15) is 0 Å². The Morgan fingerprint density at radius 2 is 1.94 bits per heavy atom. The molecule has 2 nitrogen and oxygen atoms in total. The summed E-state index contributed by atoms with van der Waals surface area (Å²) < 4.78 is 13.3. The molecule has 0 aliphatic carbocycles. The highest BCUT2D eigenvalue weighted by Crippen LogP contribution is 2.22. The van der Waals surface area contributed by atoms with Gasteiger partial charge in [0.25, 0.3) is 0 Å². The predicted molar refractivity (Wildman–Crippen MR) is 76.7 cm³/mol. The van der Waals surface area contributed by atoms with Crippen molar-refractivity contribution >= 4 is 28.6 Å². The second-order valence-corrected chi connectivity index (χ2v) is 4.49. The van der Waals surface area contributed by atoms with Gasteiger partial charge in [-0.25, -0.2) is 4.39 Å². The number of hydrogen-bond acceptors (Lipinski definition) is 2. The molecule has 0 bridgehead atoms. The van der Waals surface area contributed by atoms with Gasteiger partial charge in [-0.05, 0) is 42.8 Å². The SMILES string of the molecule is Cc1cc(F)cc(Nc2ccccc2C(N)=S)c1. The summed E-state index contributed by atoms with van der Waals surface area (Å²) in [7, 11) is 0. The molecule has 2 rings (SSSR count). The highest BCUT2D eigenvalue weighted by molar-refractivity contribution is 7.80. The van der Waals surface area contributed by atoms with Gasteiger partial charge in [-0.3, -0.25) is 0 Å². The molecule has 2 aromatic carbocycles. The third-order valence-electron chi connectivity index (χ3n) is 2.51. The summed E-state index contributed by atoms with van der Waals surface area (Å²) in [5, 5.41) is 3.13. The smallest absolute Gasteiger partial charge is 0.125 e. The first-order valence-electron chi connectivity index (χ1n) is 5.49. The molecule has 0 unspecified atom stereocenters. The molecule has 0 saturated heterocycles. The van der Waals surface area contributed by atoms with Crippen LogP contribution in [0.1, 0.15) is 11.1 Å². The number of thiocarbonyl (C=S) groups is 1. The van der Waals surface area contributed by atoms with Crippen molar-refractivity contribution in [3.05, 3.63) is 59.4 Å². The number of hydrogen-bond donors (Lipinski definition) is 2. The van der Waals surface area contributed by atoms with Gasteiger partial charge in [0, 0.05) is 16.9 Å². The van der Waals surface area contributed by atoms with Crippen LogP contribution < -0.4 is 11.1 Å². The minimum absolute atomic E-state index is 0.273. The molecule has 0 atom stereocenters. The molecule has 0 aliphatic rings. The van der Waals surface area contributed by atoms with Crippen LogP contribution in [-0.4, -0.2) is 4.99 Å². The number of nitrogens with two attached hydrogens (primary N) is 1. The van der Waals surface area contributed by atoms with E-state index >= 15 is 0 Å². The molecule has 0 spiro atoms. The zero-order chi connectivity index (χ0) is 13.1. The lowest BCUT2D eigenvalue weighted by Crippen LogP contribution is -2.11. The zero-order valence-corrected chi connectivity index (χ0v) is 10.7. The maximum Gasteiger partial charge on any atom is 0.125 e. The molecular formula is C14H13FN2S. The van der Waals surface area contributed by atoms with Crippen LogP contribution in [0.25, 0.3) is 0 Å². The third-order valence-corrected chi connectivity index (χ3v) is 2.73. The number of nitrogens with one attached hydrogen (secondary N) is 1. The monoisotopic (exact) mass is 260 g/mol. The number of anilines is 2. The van der Waals surface area contributed by atoms with E-state index in [0.29, 0.717) is 10.7 Å². The van der Waals surface area contributed by atoms with Gasteiger partial charge in [0.2, 0.25) is 0 Å². The largest absolute Gasteiger partial charge is 0.389 e. The lowest BCUT2D eigenvalue weighted by molar-refractivity contribution is 0.627. The van der Waals surface area contributed by atoms with E-state index in [9.17, 15) is 4.39 Å². The van der Waals surface area contributed by atoms with Crippen LogP contribution in [0.2, 0.25) is 0 Å². The second-order valence-electron chi connectivity index (χ2n) is 4.05. The third kappa shape index (κ3) is 2.84. The molecular weight excluding hydrogens is 247 g/mol. The van der Waals surface area contributed by atoms with Crippen LogP contribution in [-0.2, 0) is 0 Å². The van der Waals surface area contributed by atoms with Crippen LogP contribution in [0.4, 0.5) is 15.8 Å². The van der Waals surface area contributed by atoms with Crippen LogP contribution in [0.3, 0.4) is 0 Å². The Morgan fingerprint density at radius 3 is 2.61 bits per heavy atom. The summed E-state index contributed by atoms with van der Waals surface area (Å²) in [6.07, 6.45) is 0. The van der Waals surface area contributed by atoms with E-state index in [-0.39, 0.29) is 5.82 Å². The number of benzene rings is 2. The molecule has 18 heavy (non-hydrogen) atoms. The normalized spacial score (nSPS) is 10.1. The van der Waals surface area contributed by atoms with Crippen molar-refractivity contribution in [1.82, 2.24) is 0 Å². The molecule has 3 N–H and O–H groups in total. The van der Waals surface area contributed by atoms with Crippen molar-refractivity contribution in [2.24, 2.45) is 5.73 Å². The van der Waals surface area contributed by atoms with Gasteiger partial charge in [0.05, 0.1) is 0 Å². The average molecular weight is 260 g/mol. The summed E-state index contributed by atoms with van der Waals surface area (Å²) >= 11 is 4.98. The molecule has 0 fully saturated rings. The van der Waals surface area contributed by atoms with Crippen molar-refractivity contribution in [2.45, 2.75) is 6.92 Å². The first kappa shape index (κ1) is 12.5. The van der Waals surface area contributed by atoms with Gasteiger partial charge in [-0.1, -0.05) is 24.4 Å². The van der Waals surface area contributed by atoms with E-state index in [2.05, 4.69) is 5.32 Å². The van der Waals surface area contributed by atoms with Crippen molar-refractivity contribution in [3.63, 3.8) is 0 Å². The maximum atomic E-state index is 13.3. The van der Waals surface area contributed by atoms with Crippen LogP contribution in [0, 0.1) is 12.7 Å². The Balaban J connectivity index is 2.37. The van der Waals surface area contributed by atoms with E-state index in [1.54, 1.807) is 0 Å². The number of aryl methyl sites for hydroxylation is 1. The maximum absolute atomic E-state index is 13.3. The van der Waals surface area contributed by atoms with Crippen LogP contribution in [0.15, 0.2) is 42.5 Å². The molecule has 92 valence electrons. The highest BCUT2D eigenvalue weighted by atomic mass is 32.1. The van der Waals surface area contributed by atoms with Gasteiger partial charge in [0.15, 0.2) is 0 Å². The number of halogens is 1. The fourth-order valence-corrected chi connectivity index (χ4v) is 1.95. The van der Waals surface area contributed by atoms with E-state index in [0.717, 1.165) is 16.8 Å². The molecule has 0 saturated carbocycles. The van der Waals surface area contributed by atoms with Gasteiger partial charge < -0.3 is 11.1 Å². The fraction of sp³-hybridized carbons (Fsp3) is 0.0714. The standard InChI is InChI=1S/C14H13FN2S/c1-9-6-10(15)8-11(7-9)17-13-5-3-2-4-12(13)14(16)18/h2-8,17H,1H3,(H2,16,18). The van der Waals surface area contributed by atoms with E-state index in [1.807, 2.05) is 37.3 Å². The zero-order valence-electron chi connectivity index (χ0n) is 9.91. The minimum Gasteiger partial charge on any atom is -0.389 e. The molecule has 0 heterocycles. The van der Waals surface area contributed by atoms with Gasteiger partial charge in [0.1, 0.15) is 10.8 Å². The molecule has 2 aromatic rings. The average Bonchev–Trinajstić information content (AvgIpc) is 2.27. The van der Waals surface area contributed by atoms with Gasteiger partial charge >= 0.3 is 0 Å². The van der Waals surface area contributed by atoms with Crippen molar-refractivity contribution in [2.75, 3.05) is 5.32 Å². The molecule has 0 aliphatic heterocycles. The van der Waals surface area contributed by atoms with Gasteiger partial charge in [-0.15, -0.1) is 0 Å². The van der Waals surface area contributed by atoms with Crippen molar-refractivity contribution in [1.29, 1.82) is 0 Å². The summed E-state index contributed by atoms with van der Waals surface area (Å²) in [6, 6.07) is 12.2. The Morgan fingerprint density at radius 1 is 1.22 bits per heavy atom. The summed E-state index contributed by atoms with van der Waals surface area (Å²) in [6.45, 7) is 1.84. The fourth-order valence-electron chi connectivity index (χ4n) is 1.77. The highest BCUT2D eigenvalue weighted by Gasteiger charge is 2.05.